The molecule has 94 valence electrons. The Kier molecular flexibility index (Phi) is 4.38. The number of carbonyl (C=O) groups is 2. The van der Waals surface area contributed by atoms with E-state index in [9.17, 15) is 19.7 Å². The summed E-state index contributed by atoms with van der Waals surface area (Å²) in [5.74, 6) is -1.89. The molecule has 0 bridgehead atoms. The lowest BCUT2D eigenvalue weighted by Crippen LogP contribution is -2.27. The summed E-state index contributed by atoms with van der Waals surface area (Å²) in [5.41, 5.74) is 5.02. The molecule has 1 amide bonds. The zero-order valence-electron chi connectivity index (χ0n) is 8.99. The summed E-state index contributed by atoms with van der Waals surface area (Å²) in [4.78, 5) is 31.0. The van der Waals surface area contributed by atoms with Crippen molar-refractivity contribution in [3.05, 3.63) is 46.5 Å². The Bertz CT molecular complexity index is 495. The van der Waals surface area contributed by atoms with Crippen molar-refractivity contribution in [3.63, 3.8) is 0 Å². The average Bonchev–Trinajstić information content (AvgIpc) is 2.34. The molecule has 1 aromatic carbocycles. The third-order valence-corrected chi connectivity index (χ3v) is 1.79. The van der Waals surface area contributed by atoms with E-state index in [1.54, 1.807) is 0 Å². The van der Waals surface area contributed by atoms with Gasteiger partial charge >= 0.3 is 5.97 Å². The van der Waals surface area contributed by atoms with Crippen LogP contribution in [0.25, 0.3) is 0 Å². The number of carboxylic acids is 1. The van der Waals surface area contributed by atoms with Gasteiger partial charge in [0.2, 0.25) is 0 Å². The standard InChI is InChI=1S/C10H9N3O5/c14-9(5-6-10(15)16)12-11-7-1-3-8(4-2-7)13(17)18/h1-6,11H,(H,12,14)(H,15,16)/b6-5+. The van der Waals surface area contributed by atoms with Crippen LogP contribution in [0.15, 0.2) is 36.4 Å². The third kappa shape index (κ3) is 4.31. The lowest BCUT2D eigenvalue weighted by atomic mass is 10.3. The first-order chi connectivity index (χ1) is 8.49. The van der Waals surface area contributed by atoms with Gasteiger partial charge in [-0.25, -0.2) is 4.79 Å². The minimum atomic E-state index is -1.24. The average molecular weight is 251 g/mol. The summed E-state index contributed by atoms with van der Waals surface area (Å²) in [7, 11) is 0. The van der Waals surface area contributed by atoms with Gasteiger partial charge in [0, 0.05) is 24.3 Å². The smallest absolute Gasteiger partial charge is 0.328 e. The number of aliphatic carboxylic acids is 1. The Morgan fingerprint density at radius 1 is 1.22 bits per heavy atom. The first-order valence-corrected chi connectivity index (χ1v) is 4.70. The SMILES string of the molecule is O=C(O)/C=C/C(=O)NNc1ccc([N+](=O)[O-])cc1. The van der Waals surface area contributed by atoms with Gasteiger partial charge in [-0.15, -0.1) is 0 Å². The third-order valence-electron chi connectivity index (χ3n) is 1.79. The number of amides is 1. The molecule has 0 aliphatic rings. The monoisotopic (exact) mass is 251 g/mol. The Labute approximate surface area is 101 Å². The quantitative estimate of drug-likeness (QED) is 0.402. The molecule has 0 radical (unpaired) electrons. The Morgan fingerprint density at radius 2 is 1.83 bits per heavy atom. The Hall–Kier alpha value is -2.90. The fourth-order valence-electron chi connectivity index (χ4n) is 0.989. The lowest BCUT2D eigenvalue weighted by molar-refractivity contribution is -0.384. The van der Waals surface area contributed by atoms with Gasteiger partial charge in [0.05, 0.1) is 10.6 Å². The number of rotatable bonds is 5. The molecule has 0 unspecified atom stereocenters. The number of anilines is 1. The van der Waals surface area contributed by atoms with Crippen molar-refractivity contribution in [2.24, 2.45) is 0 Å². The van der Waals surface area contributed by atoms with Crippen LogP contribution in [0.1, 0.15) is 0 Å². The van der Waals surface area contributed by atoms with Gasteiger partial charge < -0.3 is 5.11 Å². The van der Waals surface area contributed by atoms with Crippen molar-refractivity contribution in [2.75, 3.05) is 5.43 Å². The normalized spacial score (nSPS) is 10.0. The van der Waals surface area contributed by atoms with Crippen LogP contribution in [0.4, 0.5) is 11.4 Å². The highest BCUT2D eigenvalue weighted by atomic mass is 16.6. The summed E-state index contributed by atoms with van der Waals surface area (Å²) < 4.78 is 0. The van der Waals surface area contributed by atoms with Crippen LogP contribution in [0.2, 0.25) is 0 Å². The fraction of sp³-hybridized carbons (Fsp3) is 0. The number of hydrogen-bond acceptors (Lipinski definition) is 5. The Balaban J connectivity index is 2.51. The largest absolute Gasteiger partial charge is 0.478 e. The molecule has 1 rings (SSSR count). The number of hydrogen-bond donors (Lipinski definition) is 3. The molecule has 1 aromatic rings. The number of non-ortho nitro benzene ring substituents is 1. The van der Waals surface area contributed by atoms with Crippen molar-refractivity contribution in [1.29, 1.82) is 0 Å². The summed E-state index contributed by atoms with van der Waals surface area (Å²) in [6.45, 7) is 0. The number of nitro groups is 1. The molecule has 0 spiro atoms. The zero-order valence-corrected chi connectivity index (χ0v) is 8.99. The molecule has 0 heterocycles. The van der Waals surface area contributed by atoms with E-state index in [0.29, 0.717) is 11.8 Å². The second-order valence-electron chi connectivity index (χ2n) is 3.09. The minimum absolute atomic E-state index is 0.0716. The molecule has 8 nitrogen and oxygen atoms in total. The van der Waals surface area contributed by atoms with Gasteiger partial charge in [0.15, 0.2) is 0 Å². The van der Waals surface area contributed by atoms with Crippen LogP contribution in [-0.4, -0.2) is 21.9 Å². The number of benzene rings is 1. The van der Waals surface area contributed by atoms with Crippen molar-refractivity contribution in [2.45, 2.75) is 0 Å². The molecule has 0 atom stereocenters. The molecule has 18 heavy (non-hydrogen) atoms. The van der Waals surface area contributed by atoms with Gasteiger partial charge in [0.25, 0.3) is 11.6 Å². The lowest BCUT2D eigenvalue weighted by Gasteiger charge is -2.05. The number of carboxylic acid groups (broad SMARTS) is 1. The summed E-state index contributed by atoms with van der Waals surface area (Å²) in [6.07, 6.45) is 1.52. The number of nitrogens with zero attached hydrogens (tertiary/aromatic N) is 1. The van der Waals surface area contributed by atoms with Crippen molar-refractivity contribution < 1.29 is 19.6 Å². The molecule has 3 N–H and O–H groups in total. The topological polar surface area (TPSA) is 122 Å². The number of nitrogens with one attached hydrogen (secondary N) is 2. The van der Waals surface area contributed by atoms with Crippen molar-refractivity contribution in [3.8, 4) is 0 Å². The van der Waals surface area contributed by atoms with Crippen LogP contribution < -0.4 is 10.9 Å². The molecule has 0 aliphatic heterocycles. The van der Waals surface area contributed by atoms with E-state index in [1.807, 2.05) is 0 Å². The fourth-order valence-corrected chi connectivity index (χ4v) is 0.989. The van der Waals surface area contributed by atoms with Gasteiger partial charge in [-0.2, -0.15) is 0 Å². The van der Waals surface area contributed by atoms with Gasteiger partial charge in [-0.05, 0) is 12.1 Å². The van der Waals surface area contributed by atoms with Crippen LogP contribution >= 0.6 is 0 Å². The molecule has 0 aliphatic carbocycles. The maximum atomic E-state index is 11.1. The van der Waals surface area contributed by atoms with E-state index in [4.69, 9.17) is 5.11 Å². The van der Waals surface area contributed by atoms with Crippen LogP contribution in [-0.2, 0) is 9.59 Å². The molecular weight excluding hydrogens is 242 g/mol. The van der Waals surface area contributed by atoms with E-state index < -0.39 is 16.8 Å². The van der Waals surface area contributed by atoms with Crippen LogP contribution in [0.3, 0.4) is 0 Å². The molecule has 8 heteroatoms. The number of carbonyl (C=O) groups excluding carboxylic acids is 1. The zero-order chi connectivity index (χ0) is 13.5. The van der Waals surface area contributed by atoms with Gasteiger partial charge in [0.1, 0.15) is 0 Å². The second kappa shape index (κ2) is 5.99. The van der Waals surface area contributed by atoms with Gasteiger partial charge in [-0.3, -0.25) is 25.8 Å². The predicted octanol–water partition coefficient (Wildman–Crippen LogP) is 0.679. The highest BCUT2D eigenvalue weighted by Gasteiger charge is 2.03. The maximum absolute atomic E-state index is 11.1. The minimum Gasteiger partial charge on any atom is -0.478 e. The molecule has 0 saturated heterocycles. The molecular formula is C10H9N3O5. The highest BCUT2D eigenvalue weighted by molar-refractivity contribution is 5.94. The summed E-state index contributed by atoms with van der Waals surface area (Å²) in [6, 6.07) is 5.34. The second-order valence-corrected chi connectivity index (χ2v) is 3.09. The maximum Gasteiger partial charge on any atom is 0.328 e. The van der Waals surface area contributed by atoms with E-state index in [2.05, 4.69) is 10.9 Å². The van der Waals surface area contributed by atoms with Crippen molar-refractivity contribution in [1.82, 2.24) is 5.43 Å². The van der Waals surface area contributed by atoms with Crippen molar-refractivity contribution >= 4 is 23.3 Å². The highest BCUT2D eigenvalue weighted by Crippen LogP contribution is 2.14. The number of hydrazine groups is 1. The summed E-state index contributed by atoms with van der Waals surface area (Å²) in [5, 5.41) is 18.7. The number of nitro benzene ring substituents is 1. The first kappa shape index (κ1) is 13.2. The van der Waals surface area contributed by atoms with E-state index >= 15 is 0 Å². The van der Waals surface area contributed by atoms with E-state index in [1.165, 1.54) is 24.3 Å². The van der Waals surface area contributed by atoms with E-state index in [-0.39, 0.29) is 5.69 Å². The molecule has 0 fully saturated rings. The van der Waals surface area contributed by atoms with Crippen LogP contribution in [0.5, 0.6) is 0 Å². The molecule has 0 aromatic heterocycles. The van der Waals surface area contributed by atoms with E-state index in [0.717, 1.165) is 6.08 Å². The van der Waals surface area contributed by atoms with Gasteiger partial charge in [-0.1, -0.05) is 0 Å². The first-order valence-electron chi connectivity index (χ1n) is 4.70. The summed E-state index contributed by atoms with van der Waals surface area (Å²) >= 11 is 0. The molecule has 0 saturated carbocycles. The Morgan fingerprint density at radius 3 is 2.33 bits per heavy atom. The predicted molar refractivity (Wildman–Crippen MR) is 61.6 cm³/mol. The van der Waals surface area contributed by atoms with Crippen LogP contribution in [0, 0.1) is 10.1 Å².